The highest BCUT2D eigenvalue weighted by Crippen LogP contribution is 2.28. The molecule has 0 aliphatic carbocycles. The number of rotatable bonds is 2. The molecule has 0 aromatic carbocycles. The molecule has 1 fully saturated rings. The molecule has 0 N–H and O–H groups in total. The van der Waals surface area contributed by atoms with Crippen LogP contribution in [0.25, 0.3) is 0 Å². The lowest BCUT2D eigenvalue weighted by Crippen LogP contribution is -1.93. The van der Waals surface area contributed by atoms with E-state index in [0.717, 1.165) is 9.88 Å². The van der Waals surface area contributed by atoms with Gasteiger partial charge in [0.15, 0.2) is 6.29 Å². The molecule has 0 atom stereocenters. The van der Waals surface area contributed by atoms with Crippen LogP contribution in [0.2, 0.25) is 0 Å². The lowest BCUT2D eigenvalue weighted by molar-refractivity contribution is -0.0414. The van der Waals surface area contributed by atoms with E-state index in [9.17, 15) is 0 Å². The van der Waals surface area contributed by atoms with Gasteiger partial charge >= 0.3 is 0 Å². The molecule has 1 aliphatic rings. The lowest BCUT2D eigenvalue weighted by atomic mass is 10.5. The Morgan fingerprint density at radius 2 is 2.33 bits per heavy atom. The van der Waals surface area contributed by atoms with Gasteiger partial charge < -0.3 is 9.47 Å². The van der Waals surface area contributed by atoms with Crippen LogP contribution < -0.4 is 0 Å². The maximum absolute atomic E-state index is 5.61. The van der Waals surface area contributed by atoms with E-state index in [1.807, 2.05) is 0 Å². The number of hydrogen-bond donors (Lipinski definition) is 0. The highest BCUT2D eigenvalue weighted by atomic mass is 35.5. The second-order valence-electron chi connectivity index (χ2n) is 2.36. The molecule has 0 unspecified atom stereocenters. The number of nitrogens with zero attached hydrogens (tertiary/aromatic N) is 1. The van der Waals surface area contributed by atoms with Gasteiger partial charge in [0.1, 0.15) is 5.01 Å². The van der Waals surface area contributed by atoms with Crippen molar-refractivity contribution in [3.8, 4) is 0 Å². The summed E-state index contributed by atoms with van der Waals surface area (Å²) in [5, 5.41) is 0.908. The largest absolute Gasteiger partial charge is 0.345 e. The van der Waals surface area contributed by atoms with Gasteiger partial charge in [0.2, 0.25) is 0 Å². The van der Waals surface area contributed by atoms with E-state index in [-0.39, 0.29) is 6.29 Å². The average molecular weight is 206 g/mol. The van der Waals surface area contributed by atoms with Crippen molar-refractivity contribution in [2.75, 3.05) is 13.2 Å². The van der Waals surface area contributed by atoms with Crippen LogP contribution in [-0.2, 0) is 15.4 Å². The van der Waals surface area contributed by atoms with E-state index in [0.29, 0.717) is 19.1 Å². The third-order valence-corrected chi connectivity index (χ3v) is 2.97. The van der Waals surface area contributed by atoms with Crippen molar-refractivity contribution in [2.24, 2.45) is 0 Å². The Hall–Kier alpha value is -0.160. The van der Waals surface area contributed by atoms with Crippen LogP contribution >= 0.6 is 22.9 Å². The van der Waals surface area contributed by atoms with E-state index < -0.39 is 0 Å². The predicted octanol–water partition coefficient (Wildman–Crippen LogP) is 1.93. The number of aromatic nitrogens is 1. The van der Waals surface area contributed by atoms with Crippen LogP contribution in [0, 0.1) is 0 Å². The number of hydrogen-bond acceptors (Lipinski definition) is 4. The quantitative estimate of drug-likeness (QED) is 0.692. The smallest absolute Gasteiger partial charge is 0.194 e. The molecule has 0 saturated carbocycles. The molecule has 0 radical (unpaired) electrons. The van der Waals surface area contributed by atoms with Gasteiger partial charge in [-0.1, -0.05) is 0 Å². The van der Waals surface area contributed by atoms with Gasteiger partial charge in [-0.15, -0.1) is 22.9 Å². The summed E-state index contributed by atoms with van der Waals surface area (Å²) in [6.45, 7) is 1.33. The fraction of sp³-hybridized carbons (Fsp3) is 0.571. The van der Waals surface area contributed by atoms with Crippen LogP contribution in [0.5, 0.6) is 0 Å². The molecule has 3 nitrogen and oxygen atoms in total. The average Bonchev–Trinajstić information content (AvgIpc) is 2.75. The minimum Gasteiger partial charge on any atom is -0.345 e. The molecule has 1 aromatic rings. The number of ether oxygens (including phenoxy) is 2. The number of halogens is 1. The summed E-state index contributed by atoms with van der Waals surface area (Å²) in [4.78, 5) is 5.11. The summed E-state index contributed by atoms with van der Waals surface area (Å²) in [6, 6.07) is 0. The first-order valence-corrected chi connectivity index (χ1v) is 4.99. The minimum atomic E-state index is -0.209. The molecule has 12 heavy (non-hydrogen) atoms. The maximum Gasteiger partial charge on any atom is 0.194 e. The summed E-state index contributed by atoms with van der Waals surface area (Å²) in [6.07, 6.45) is 1.55. The summed E-state index contributed by atoms with van der Waals surface area (Å²) < 4.78 is 10.6. The molecule has 0 amide bonds. The molecular weight excluding hydrogens is 198 g/mol. The van der Waals surface area contributed by atoms with Gasteiger partial charge in [0, 0.05) is 6.20 Å². The monoisotopic (exact) mass is 205 g/mol. The van der Waals surface area contributed by atoms with Gasteiger partial charge in [-0.3, -0.25) is 0 Å². The Balaban J connectivity index is 2.11. The first kappa shape index (κ1) is 8.44. The predicted molar refractivity (Wildman–Crippen MR) is 46.3 cm³/mol. The topological polar surface area (TPSA) is 31.4 Å². The maximum atomic E-state index is 5.61. The second-order valence-corrected chi connectivity index (χ2v) is 3.78. The van der Waals surface area contributed by atoms with Gasteiger partial charge in [-0.2, -0.15) is 0 Å². The van der Waals surface area contributed by atoms with Gasteiger partial charge in [-0.05, 0) is 0 Å². The first-order valence-electron chi connectivity index (χ1n) is 3.64. The zero-order chi connectivity index (χ0) is 8.39. The summed E-state index contributed by atoms with van der Waals surface area (Å²) in [5.74, 6) is 0.456. The Kier molecular flexibility index (Phi) is 2.60. The molecule has 0 bridgehead atoms. The fourth-order valence-electron chi connectivity index (χ4n) is 1.02. The molecule has 5 heteroatoms. The third-order valence-electron chi connectivity index (χ3n) is 1.54. The van der Waals surface area contributed by atoms with Crippen molar-refractivity contribution >= 4 is 22.9 Å². The van der Waals surface area contributed by atoms with Crippen LogP contribution in [-0.4, -0.2) is 18.2 Å². The van der Waals surface area contributed by atoms with Gasteiger partial charge in [0.25, 0.3) is 0 Å². The summed E-state index contributed by atoms with van der Waals surface area (Å²) in [7, 11) is 0. The Morgan fingerprint density at radius 1 is 1.58 bits per heavy atom. The van der Waals surface area contributed by atoms with Crippen molar-refractivity contribution in [2.45, 2.75) is 12.2 Å². The first-order chi connectivity index (χ1) is 5.90. The van der Waals surface area contributed by atoms with Crippen molar-refractivity contribution in [1.29, 1.82) is 0 Å². The van der Waals surface area contributed by atoms with E-state index in [2.05, 4.69) is 4.98 Å². The van der Waals surface area contributed by atoms with Crippen LogP contribution in [0.3, 0.4) is 0 Å². The molecule has 0 spiro atoms. The number of alkyl halides is 1. The molecule has 2 rings (SSSR count). The van der Waals surface area contributed by atoms with Crippen molar-refractivity contribution < 1.29 is 9.47 Å². The van der Waals surface area contributed by atoms with Crippen LogP contribution in [0.4, 0.5) is 0 Å². The zero-order valence-corrected chi connectivity index (χ0v) is 7.90. The van der Waals surface area contributed by atoms with E-state index in [1.54, 1.807) is 6.20 Å². The Morgan fingerprint density at radius 3 is 2.92 bits per heavy atom. The molecule has 66 valence electrons. The number of thiazole rings is 1. The molecule has 2 heterocycles. The highest BCUT2D eigenvalue weighted by molar-refractivity contribution is 7.11. The summed E-state index contributed by atoms with van der Waals surface area (Å²) >= 11 is 7.15. The molecular formula is C7H8ClNO2S. The third kappa shape index (κ3) is 1.61. The Bertz CT molecular complexity index is 260. The van der Waals surface area contributed by atoms with Crippen molar-refractivity contribution in [1.82, 2.24) is 4.98 Å². The Labute approximate surface area is 79.3 Å². The fourth-order valence-corrected chi connectivity index (χ4v) is 2.02. The van der Waals surface area contributed by atoms with E-state index >= 15 is 0 Å². The molecule has 1 aromatic heterocycles. The van der Waals surface area contributed by atoms with Gasteiger partial charge in [-0.25, -0.2) is 4.98 Å². The molecule has 1 saturated heterocycles. The second kappa shape index (κ2) is 3.70. The molecule has 1 aliphatic heterocycles. The van der Waals surface area contributed by atoms with E-state index in [1.165, 1.54) is 11.3 Å². The van der Waals surface area contributed by atoms with Gasteiger partial charge in [0.05, 0.1) is 24.0 Å². The van der Waals surface area contributed by atoms with Crippen LogP contribution in [0.15, 0.2) is 6.20 Å². The zero-order valence-electron chi connectivity index (χ0n) is 6.33. The van der Waals surface area contributed by atoms with Crippen LogP contribution in [0.1, 0.15) is 16.2 Å². The van der Waals surface area contributed by atoms with Crippen molar-refractivity contribution in [3.05, 3.63) is 16.1 Å². The summed E-state index contributed by atoms with van der Waals surface area (Å²) in [5.41, 5.74) is 0. The van der Waals surface area contributed by atoms with E-state index in [4.69, 9.17) is 21.1 Å². The SMILES string of the molecule is ClCc1ncc(C2OCCO2)s1. The highest BCUT2D eigenvalue weighted by Gasteiger charge is 2.20. The van der Waals surface area contributed by atoms with Crippen molar-refractivity contribution in [3.63, 3.8) is 0 Å². The minimum absolute atomic E-state index is 0.209. The normalized spacial score (nSPS) is 18.8. The lowest BCUT2D eigenvalue weighted by Gasteiger charge is -2.03. The standard InChI is InChI=1S/C7H8ClNO2S/c8-3-6-9-4-5(12-6)7-10-1-2-11-7/h4,7H,1-3H2.